The first kappa shape index (κ1) is 28.1. The molecule has 194 valence electrons. The van der Waals surface area contributed by atoms with Crippen LogP contribution in [0.4, 0.5) is 5.69 Å². The highest BCUT2D eigenvalue weighted by Crippen LogP contribution is 2.42. The molecular weight excluding hydrogens is 519 g/mol. The first-order valence-corrected chi connectivity index (χ1v) is 13.4. The Kier molecular flexibility index (Phi) is 8.77. The van der Waals surface area contributed by atoms with Crippen LogP contribution >= 0.6 is 24.8 Å². The molecule has 0 bridgehead atoms. The molecule has 0 radical (unpaired) electrons. The molecule has 2 aliphatic rings. The third-order valence-electron chi connectivity index (χ3n) is 6.80. The summed E-state index contributed by atoms with van der Waals surface area (Å²) in [5, 5.41) is 13.0. The van der Waals surface area contributed by atoms with E-state index in [2.05, 4.69) is 5.32 Å². The maximum absolute atomic E-state index is 13.3. The Morgan fingerprint density at radius 1 is 1.08 bits per heavy atom. The lowest BCUT2D eigenvalue weighted by molar-refractivity contribution is 0.223. The summed E-state index contributed by atoms with van der Waals surface area (Å²) < 4.78 is 34.3. The van der Waals surface area contributed by atoms with Crippen LogP contribution in [0.2, 0.25) is 0 Å². The van der Waals surface area contributed by atoms with E-state index in [0.29, 0.717) is 12.0 Å². The highest BCUT2D eigenvalue weighted by atomic mass is 35.5. The SMILES string of the molecule is CCS(=O)(=O)N1c2ccc(OC3CCNC3)cc2CCC1c1ccc2ccc(C(=N)N)cc2c1.Cl.Cl. The van der Waals surface area contributed by atoms with Gasteiger partial charge in [0.1, 0.15) is 17.7 Å². The van der Waals surface area contributed by atoms with Gasteiger partial charge in [-0.15, -0.1) is 24.8 Å². The topological polar surface area (TPSA) is 109 Å². The first-order chi connectivity index (χ1) is 16.4. The van der Waals surface area contributed by atoms with E-state index in [1.807, 2.05) is 54.6 Å². The van der Waals surface area contributed by atoms with Crippen LogP contribution in [-0.2, 0) is 16.4 Å². The van der Waals surface area contributed by atoms with Crippen LogP contribution in [0, 0.1) is 5.41 Å². The molecule has 3 aromatic rings. The summed E-state index contributed by atoms with van der Waals surface area (Å²) in [4.78, 5) is 0. The summed E-state index contributed by atoms with van der Waals surface area (Å²) in [5.41, 5.74) is 9.00. The van der Waals surface area contributed by atoms with E-state index in [1.54, 1.807) is 11.2 Å². The summed E-state index contributed by atoms with van der Waals surface area (Å²) in [6, 6.07) is 17.2. The largest absolute Gasteiger partial charge is 0.489 e. The van der Waals surface area contributed by atoms with Crippen molar-refractivity contribution in [3.8, 4) is 5.75 Å². The Bertz CT molecular complexity index is 1360. The minimum Gasteiger partial charge on any atom is -0.489 e. The van der Waals surface area contributed by atoms with Gasteiger partial charge in [0.15, 0.2) is 0 Å². The highest BCUT2D eigenvalue weighted by molar-refractivity contribution is 7.92. The van der Waals surface area contributed by atoms with Gasteiger partial charge in [0.05, 0.1) is 17.5 Å². The number of nitrogens with two attached hydrogens (primary N) is 1. The molecule has 1 fully saturated rings. The van der Waals surface area contributed by atoms with Crippen molar-refractivity contribution >= 4 is 57.1 Å². The molecule has 2 heterocycles. The minimum absolute atomic E-state index is 0. The number of halogens is 2. The van der Waals surface area contributed by atoms with E-state index in [-0.39, 0.29) is 48.5 Å². The average molecular weight is 552 g/mol. The van der Waals surface area contributed by atoms with Crippen LogP contribution in [0.5, 0.6) is 5.75 Å². The number of hydrogen-bond acceptors (Lipinski definition) is 5. The van der Waals surface area contributed by atoms with Gasteiger partial charge >= 0.3 is 0 Å². The van der Waals surface area contributed by atoms with Gasteiger partial charge in [0.25, 0.3) is 0 Å². The van der Waals surface area contributed by atoms with Gasteiger partial charge in [-0.3, -0.25) is 9.71 Å². The monoisotopic (exact) mass is 550 g/mol. The van der Waals surface area contributed by atoms with E-state index in [4.69, 9.17) is 15.9 Å². The molecule has 0 spiro atoms. The van der Waals surface area contributed by atoms with E-state index in [1.165, 1.54) is 0 Å². The van der Waals surface area contributed by atoms with E-state index in [0.717, 1.165) is 59.3 Å². The highest BCUT2D eigenvalue weighted by Gasteiger charge is 2.35. The standard InChI is InChI=1S/C26H30N4O3S.2ClH/c1-2-34(31,32)30-24(18-5-3-17-4-6-20(26(27)28)14-21(17)13-18)9-7-19-15-22(8-10-25(19)30)33-23-11-12-29-16-23;;/h3-6,8,10,13-15,23-24,29H,2,7,9,11-12,16H2,1H3,(H3,27,28);2*1H. The van der Waals surface area contributed by atoms with Crippen LogP contribution in [0.15, 0.2) is 54.6 Å². The molecule has 0 saturated carbocycles. The number of hydrogen-bond donors (Lipinski definition) is 3. The van der Waals surface area contributed by atoms with Gasteiger partial charge in [-0.05, 0) is 85.0 Å². The number of rotatable bonds is 6. The lowest BCUT2D eigenvalue weighted by Gasteiger charge is -2.38. The number of nitrogens with zero attached hydrogens (tertiary/aromatic N) is 1. The second kappa shape index (κ2) is 11.3. The number of ether oxygens (including phenoxy) is 1. The maximum atomic E-state index is 13.3. The van der Waals surface area contributed by atoms with Crippen LogP contribution in [0.1, 0.15) is 42.5 Å². The van der Waals surface area contributed by atoms with E-state index in [9.17, 15) is 8.42 Å². The van der Waals surface area contributed by atoms with Gasteiger partial charge < -0.3 is 15.8 Å². The number of nitrogens with one attached hydrogen (secondary N) is 2. The first-order valence-electron chi connectivity index (χ1n) is 11.8. The van der Waals surface area contributed by atoms with Gasteiger partial charge in [-0.2, -0.15) is 0 Å². The number of aryl methyl sites for hydroxylation is 1. The normalized spacial score (nSPS) is 19.2. The van der Waals surface area contributed by atoms with Crippen molar-refractivity contribution in [1.82, 2.24) is 5.32 Å². The Morgan fingerprint density at radius 2 is 1.86 bits per heavy atom. The van der Waals surface area contributed by atoms with Gasteiger partial charge in [-0.25, -0.2) is 8.42 Å². The zero-order valence-corrected chi connectivity index (χ0v) is 22.5. The number of fused-ring (bicyclic) bond motifs is 2. The van der Waals surface area contributed by atoms with Gasteiger partial charge in [0.2, 0.25) is 10.0 Å². The van der Waals surface area contributed by atoms with E-state index < -0.39 is 10.0 Å². The van der Waals surface area contributed by atoms with Crippen molar-refractivity contribution in [2.45, 2.75) is 38.3 Å². The smallest absolute Gasteiger partial charge is 0.235 e. The Hall–Kier alpha value is -2.52. The zero-order chi connectivity index (χ0) is 23.9. The second-order valence-corrected chi connectivity index (χ2v) is 11.1. The molecule has 0 aromatic heterocycles. The van der Waals surface area contributed by atoms with Crippen LogP contribution < -0.4 is 20.1 Å². The van der Waals surface area contributed by atoms with Crippen LogP contribution in [0.25, 0.3) is 10.8 Å². The molecule has 2 aliphatic heterocycles. The lowest BCUT2D eigenvalue weighted by atomic mass is 9.91. The molecular formula is C26H32Cl2N4O3S. The zero-order valence-electron chi connectivity index (χ0n) is 20.1. The fourth-order valence-electron chi connectivity index (χ4n) is 4.97. The van der Waals surface area contributed by atoms with Gasteiger partial charge in [0, 0.05) is 12.1 Å². The molecule has 2 atom stereocenters. The van der Waals surface area contributed by atoms with Gasteiger partial charge in [-0.1, -0.05) is 24.3 Å². The average Bonchev–Trinajstić information content (AvgIpc) is 3.35. The number of amidine groups is 1. The van der Waals surface area contributed by atoms with Crippen molar-refractivity contribution in [2.24, 2.45) is 5.73 Å². The Labute approximate surface area is 224 Å². The summed E-state index contributed by atoms with van der Waals surface area (Å²) in [7, 11) is -3.51. The van der Waals surface area contributed by atoms with Crippen molar-refractivity contribution in [2.75, 3.05) is 23.1 Å². The molecule has 1 saturated heterocycles. The van der Waals surface area contributed by atoms with Crippen LogP contribution in [-0.4, -0.2) is 39.2 Å². The number of sulfonamides is 1. The number of benzene rings is 3. The molecule has 36 heavy (non-hydrogen) atoms. The number of nitrogen functional groups attached to an aromatic ring is 1. The molecule has 0 aliphatic carbocycles. The molecule has 7 nitrogen and oxygen atoms in total. The van der Waals surface area contributed by atoms with Crippen LogP contribution in [0.3, 0.4) is 0 Å². The summed E-state index contributed by atoms with van der Waals surface area (Å²) in [6.45, 7) is 3.48. The molecule has 4 N–H and O–H groups in total. The molecule has 0 amide bonds. The predicted octanol–water partition coefficient (Wildman–Crippen LogP) is 4.55. The summed E-state index contributed by atoms with van der Waals surface area (Å²) in [6.07, 6.45) is 2.57. The van der Waals surface area contributed by atoms with Crippen molar-refractivity contribution in [1.29, 1.82) is 5.41 Å². The Morgan fingerprint density at radius 3 is 2.56 bits per heavy atom. The van der Waals surface area contributed by atoms with Crippen molar-refractivity contribution in [3.05, 3.63) is 71.3 Å². The fourth-order valence-corrected chi connectivity index (χ4v) is 6.34. The molecule has 5 rings (SSSR count). The van der Waals surface area contributed by atoms with Crippen molar-refractivity contribution < 1.29 is 13.2 Å². The predicted molar refractivity (Wildman–Crippen MR) is 151 cm³/mol. The molecule has 2 unspecified atom stereocenters. The quantitative estimate of drug-likeness (QED) is 0.308. The number of anilines is 1. The van der Waals surface area contributed by atoms with Crippen molar-refractivity contribution in [3.63, 3.8) is 0 Å². The lowest BCUT2D eigenvalue weighted by Crippen LogP contribution is -2.39. The minimum atomic E-state index is -3.51. The van der Waals surface area contributed by atoms with E-state index >= 15 is 0 Å². The third kappa shape index (κ3) is 5.42. The molecule has 3 aromatic carbocycles. The summed E-state index contributed by atoms with van der Waals surface area (Å²) in [5.74, 6) is 0.833. The maximum Gasteiger partial charge on any atom is 0.235 e. The Balaban J connectivity index is 0.00000180. The fraction of sp³-hybridized carbons (Fsp3) is 0.346. The summed E-state index contributed by atoms with van der Waals surface area (Å²) >= 11 is 0. The second-order valence-electron chi connectivity index (χ2n) is 9.01. The third-order valence-corrected chi connectivity index (χ3v) is 8.58. The molecule has 10 heteroatoms.